The highest BCUT2D eigenvalue weighted by Crippen LogP contribution is 2.46. The number of esters is 1. The van der Waals surface area contributed by atoms with Crippen molar-refractivity contribution in [3.63, 3.8) is 0 Å². The molecule has 3 aromatic rings. The number of aryl methyl sites for hydroxylation is 1. The molecule has 1 saturated heterocycles. The summed E-state index contributed by atoms with van der Waals surface area (Å²) in [6.45, 7) is 7.82. The fourth-order valence-corrected chi connectivity index (χ4v) is 6.81. The number of rotatable bonds is 11. The molecule has 2 atom stereocenters. The van der Waals surface area contributed by atoms with Crippen molar-refractivity contribution in [3.05, 3.63) is 55.9 Å². The van der Waals surface area contributed by atoms with E-state index in [-0.39, 0.29) is 41.1 Å². The first-order valence-corrected chi connectivity index (χ1v) is 15.0. The first-order valence-electron chi connectivity index (χ1n) is 14.1. The Bertz CT molecular complexity index is 1650. The van der Waals surface area contributed by atoms with Crippen LogP contribution in [0.15, 0.2) is 28.2 Å². The smallest absolute Gasteiger partial charge is 0.342 e. The van der Waals surface area contributed by atoms with Crippen LogP contribution in [-0.2, 0) is 16.1 Å². The zero-order valence-corrected chi connectivity index (χ0v) is 24.9. The first-order chi connectivity index (χ1) is 20.5. The molecular weight excluding hydrogens is 583 g/mol. The van der Waals surface area contributed by atoms with Crippen molar-refractivity contribution in [2.24, 2.45) is 0 Å². The number of unbranched alkanes of at least 4 members (excludes halogenated alkanes) is 1. The SMILES string of the molecule is CCCCC(=O)OC(CN1CCN(c2cc3c(cc2F)c(=O)c(C(=O)O)c2n3C(C)S2)CC1)Cn1c([N+](=O)[O-])cnc1C. The van der Waals surface area contributed by atoms with Crippen molar-refractivity contribution in [2.45, 2.75) is 63.1 Å². The van der Waals surface area contributed by atoms with E-state index < -0.39 is 28.2 Å². The molecule has 4 heterocycles. The van der Waals surface area contributed by atoms with Gasteiger partial charge < -0.3 is 29.4 Å². The topological polar surface area (TPSA) is 153 Å². The van der Waals surface area contributed by atoms with Crippen molar-refractivity contribution in [1.29, 1.82) is 0 Å². The van der Waals surface area contributed by atoms with Gasteiger partial charge in [0, 0.05) is 51.5 Å². The summed E-state index contributed by atoms with van der Waals surface area (Å²) in [6, 6.07) is 2.74. The summed E-state index contributed by atoms with van der Waals surface area (Å²) in [5, 5.41) is 21.4. The lowest BCUT2D eigenvalue weighted by atomic mass is 10.1. The number of benzene rings is 1. The second-order valence-corrected chi connectivity index (χ2v) is 12.1. The number of carboxylic acid groups (broad SMARTS) is 1. The van der Waals surface area contributed by atoms with E-state index in [9.17, 15) is 29.6 Å². The molecule has 0 saturated carbocycles. The summed E-state index contributed by atoms with van der Waals surface area (Å²) in [5.41, 5.74) is -0.221. The minimum absolute atomic E-state index is 0.0322. The minimum atomic E-state index is -1.33. The quantitative estimate of drug-likeness (QED) is 0.190. The van der Waals surface area contributed by atoms with Gasteiger partial charge >= 0.3 is 17.8 Å². The van der Waals surface area contributed by atoms with Gasteiger partial charge in [-0.2, -0.15) is 0 Å². The van der Waals surface area contributed by atoms with Crippen molar-refractivity contribution in [1.82, 2.24) is 19.0 Å². The van der Waals surface area contributed by atoms with Gasteiger partial charge in [0.05, 0.1) is 21.6 Å². The molecule has 13 nitrogen and oxygen atoms in total. The van der Waals surface area contributed by atoms with E-state index in [4.69, 9.17) is 4.74 Å². The van der Waals surface area contributed by atoms with Crippen LogP contribution < -0.4 is 10.3 Å². The molecule has 0 bridgehead atoms. The van der Waals surface area contributed by atoms with Gasteiger partial charge in [-0.3, -0.25) is 14.5 Å². The molecule has 15 heteroatoms. The number of carbonyl (C=O) groups excluding carboxylic acids is 1. The molecule has 0 amide bonds. The molecular formula is C28H33FN6O7S. The Morgan fingerprint density at radius 1 is 1.26 bits per heavy atom. The summed E-state index contributed by atoms with van der Waals surface area (Å²) in [4.78, 5) is 56.2. The van der Waals surface area contributed by atoms with E-state index in [2.05, 4.69) is 9.88 Å². The number of nitro groups is 1. The van der Waals surface area contributed by atoms with Crippen molar-refractivity contribution in [2.75, 3.05) is 37.6 Å². The van der Waals surface area contributed by atoms with E-state index in [0.29, 0.717) is 61.2 Å². The predicted molar refractivity (Wildman–Crippen MR) is 157 cm³/mol. The van der Waals surface area contributed by atoms with Gasteiger partial charge in [-0.15, -0.1) is 0 Å². The summed E-state index contributed by atoms with van der Waals surface area (Å²) in [5.74, 6) is -2.05. The fraction of sp³-hybridized carbons (Fsp3) is 0.500. The Balaban J connectivity index is 1.33. The molecule has 2 aliphatic heterocycles. The average molecular weight is 617 g/mol. The highest BCUT2D eigenvalue weighted by Gasteiger charge is 2.34. The van der Waals surface area contributed by atoms with Crippen LogP contribution in [0.3, 0.4) is 0 Å². The first kappa shape index (κ1) is 30.5. The number of imidazole rings is 1. The Morgan fingerprint density at radius 3 is 2.60 bits per heavy atom. The minimum Gasteiger partial charge on any atom is -0.477 e. The molecule has 5 rings (SSSR count). The molecule has 1 fully saturated rings. The summed E-state index contributed by atoms with van der Waals surface area (Å²) < 4.78 is 24.4. The van der Waals surface area contributed by atoms with E-state index in [1.165, 1.54) is 22.5 Å². The largest absolute Gasteiger partial charge is 0.477 e. The average Bonchev–Trinajstić information content (AvgIpc) is 3.31. The third kappa shape index (κ3) is 5.95. The maximum atomic E-state index is 15.4. The number of nitrogens with zero attached hydrogens (tertiary/aromatic N) is 6. The van der Waals surface area contributed by atoms with E-state index in [1.807, 2.05) is 18.7 Å². The van der Waals surface area contributed by atoms with E-state index in [0.717, 1.165) is 12.5 Å². The lowest BCUT2D eigenvalue weighted by molar-refractivity contribution is -0.392. The van der Waals surface area contributed by atoms with Crippen LogP contribution in [0.4, 0.5) is 15.9 Å². The lowest BCUT2D eigenvalue weighted by Gasteiger charge is -2.38. The Kier molecular flexibility index (Phi) is 8.74. The number of halogens is 1. The summed E-state index contributed by atoms with van der Waals surface area (Å²) >= 11 is 1.29. The van der Waals surface area contributed by atoms with Crippen molar-refractivity contribution >= 4 is 46.1 Å². The number of fused-ring (bicyclic) bond motifs is 3. The Morgan fingerprint density at radius 2 is 1.98 bits per heavy atom. The Labute approximate surface area is 250 Å². The van der Waals surface area contributed by atoms with Gasteiger partial charge in [-0.05, 0) is 30.4 Å². The number of carbonyl (C=O) groups is 2. The zero-order valence-electron chi connectivity index (χ0n) is 24.1. The van der Waals surface area contributed by atoms with Crippen LogP contribution in [0, 0.1) is 22.9 Å². The van der Waals surface area contributed by atoms with Gasteiger partial charge in [0.25, 0.3) is 0 Å². The molecule has 0 spiro atoms. The standard InChI is InChI=1S/C28H33FN6O7S/c1-4-5-6-24(36)42-18(15-33-16(2)30-13-23(33)35(40)41)14-31-7-9-32(10-8-31)22-12-21-19(11-20(22)29)26(37)25(28(38)39)27-34(21)17(3)43-27/h11-13,17-18H,4-10,14-15H2,1-3H3,(H,38,39). The normalized spacial score (nSPS) is 17.4. The van der Waals surface area contributed by atoms with Crippen LogP contribution in [0.1, 0.15) is 54.7 Å². The van der Waals surface area contributed by atoms with Crippen LogP contribution in [0.5, 0.6) is 0 Å². The zero-order chi connectivity index (χ0) is 31.0. The lowest BCUT2D eigenvalue weighted by Crippen LogP contribution is -2.50. The number of anilines is 1. The maximum Gasteiger partial charge on any atom is 0.342 e. The number of ether oxygens (including phenoxy) is 1. The molecule has 0 radical (unpaired) electrons. The van der Waals surface area contributed by atoms with Gasteiger partial charge in [0.1, 0.15) is 24.1 Å². The molecule has 1 aromatic carbocycles. The molecule has 0 aliphatic carbocycles. The molecule has 2 unspecified atom stereocenters. The van der Waals surface area contributed by atoms with Crippen LogP contribution in [0.25, 0.3) is 10.9 Å². The fourth-order valence-electron chi connectivity index (χ4n) is 5.66. The van der Waals surface area contributed by atoms with Crippen molar-refractivity contribution < 1.29 is 28.7 Å². The third-order valence-electron chi connectivity index (χ3n) is 7.90. The van der Waals surface area contributed by atoms with Crippen LogP contribution >= 0.6 is 11.8 Å². The number of thioether (sulfide) groups is 1. The van der Waals surface area contributed by atoms with Gasteiger partial charge in [-0.25, -0.2) is 18.7 Å². The highest BCUT2D eigenvalue weighted by atomic mass is 32.2. The van der Waals surface area contributed by atoms with Crippen LogP contribution in [0.2, 0.25) is 0 Å². The number of piperazine rings is 1. The number of carboxylic acids is 1. The van der Waals surface area contributed by atoms with Crippen LogP contribution in [-0.4, -0.2) is 79.8 Å². The second kappa shape index (κ2) is 12.3. The highest BCUT2D eigenvalue weighted by molar-refractivity contribution is 8.00. The number of pyridine rings is 1. The summed E-state index contributed by atoms with van der Waals surface area (Å²) in [7, 11) is 0. The predicted octanol–water partition coefficient (Wildman–Crippen LogP) is 3.80. The number of aromatic carboxylic acids is 1. The number of hydrogen-bond donors (Lipinski definition) is 1. The molecule has 43 heavy (non-hydrogen) atoms. The Hall–Kier alpha value is -3.98. The second-order valence-electron chi connectivity index (χ2n) is 10.8. The molecule has 230 valence electrons. The third-order valence-corrected chi connectivity index (χ3v) is 9.08. The van der Waals surface area contributed by atoms with E-state index >= 15 is 4.39 Å². The number of hydrogen-bond acceptors (Lipinski definition) is 10. The van der Waals surface area contributed by atoms with Crippen molar-refractivity contribution in [3.8, 4) is 0 Å². The number of aromatic nitrogens is 3. The van der Waals surface area contributed by atoms with Gasteiger partial charge in [-0.1, -0.05) is 25.1 Å². The molecule has 2 aliphatic rings. The summed E-state index contributed by atoms with van der Waals surface area (Å²) in [6.07, 6.45) is 2.29. The van der Waals surface area contributed by atoms with Gasteiger partial charge in [0.2, 0.25) is 5.43 Å². The molecule has 1 N–H and O–H groups in total. The maximum absolute atomic E-state index is 15.4. The van der Waals surface area contributed by atoms with Gasteiger partial charge in [0.15, 0.2) is 11.9 Å². The monoisotopic (exact) mass is 616 g/mol. The van der Waals surface area contributed by atoms with E-state index in [1.54, 1.807) is 17.6 Å². The molecule has 2 aromatic heterocycles.